The van der Waals surface area contributed by atoms with Crippen LogP contribution in [-0.2, 0) is 4.74 Å². The van der Waals surface area contributed by atoms with E-state index in [0.29, 0.717) is 6.61 Å². The lowest BCUT2D eigenvalue weighted by Crippen LogP contribution is -2.25. The van der Waals surface area contributed by atoms with Gasteiger partial charge in [-0.3, -0.25) is 0 Å². The van der Waals surface area contributed by atoms with Gasteiger partial charge in [0.1, 0.15) is 12.1 Å². The number of nitrogens with one attached hydrogen (secondary N) is 2. The summed E-state index contributed by atoms with van der Waals surface area (Å²) in [4.78, 5) is 8.68. The van der Waals surface area contributed by atoms with E-state index < -0.39 is 0 Å². The van der Waals surface area contributed by atoms with Gasteiger partial charge in [-0.15, -0.1) is 0 Å². The summed E-state index contributed by atoms with van der Waals surface area (Å²) in [6, 6.07) is 9.94. The van der Waals surface area contributed by atoms with Gasteiger partial charge in [0.15, 0.2) is 5.65 Å². The fraction of sp³-hybridized carbons (Fsp3) is 0.312. The molecule has 0 amide bonds. The third-order valence-corrected chi connectivity index (χ3v) is 3.44. The molecule has 0 aliphatic rings. The number of aromatic nitrogens is 4. The van der Waals surface area contributed by atoms with Crippen molar-refractivity contribution in [2.24, 2.45) is 0 Å². The molecule has 7 heteroatoms. The largest absolute Gasteiger partial charge is 0.383 e. The molecule has 0 saturated heterocycles. The number of hydrogen-bond acceptors (Lipinski definition) is 6. The van der Waals surface area contributed by atoms with Crippen molar-refractivity contribution in [3.8, 4) is 5.69 Å². The Balaban J connectivity index is 1.72. The first-order chi connectivity index (χ1) is 11.4. The van der Waals surface area contributed by atoms with Crippen molar-refractivity contribution in [2.45, 2.75) is 0 Å². The highest BCUT2D eigenvalue weighted by Gasteiger charge is 2.10. The fourth-order valence-corrected chi connectivity index (χ4v) is 2.31. The summed E-state index contributed by atoms with van der Waals surface area (Å²) in [7, 11) is 1.70. The number of ether oxygens (including phenoxy) is 1. The first-order valence-corrected chi connectivity index (χ1v) is 7.58. The van der Waals surface area contributed by atoms with Crippen LogP contribution in [0.5, 0.6) is 0 Å². The second-order valence-electron chi connectivity index (χ2n) is 5.02. The zero-order valence-electron chi connectivity index (χ0n) is 13.1. The third kappa shape index (κ3) is 3.64. The van der Waals surface area contributed by atoms with Crippen LogP contribution in [0.1, 0.15) is 0 Å². The van der Waals surface area contributed by atoms with E-state index >= 15 is 0 Å². The molecular weight excluding hydrogens is 292 g/mol. The Hall–Kier alpha value is -2.51. The lowest BCUT2D eigenvalue weighted by molar-refractivity contribution is 0.200. The summed E-state index contributed by atoms with van der Waals surface area (Å²) in [5, 5.41) is 12.0. The van der Waals surface area contributed by atoms with Gasteiger partial charge in [-0.1, -0.05) is 18.2 Å². The maximum absolute atomic E-state index is 4.99. The summed E-state index contributed by atoms with van der Waals surface area (Å²) in [6.45, 7) is 3.15. The maximum atomic E-state index is 4.99. The van der Waals surface area contributed by atoms with E-state index in [9.17, 15) is 0 Å². The first-order valence-electron chi connectivity index (χ1n) is 7.58. The predicted octanol–water partition coefficient (Wildman–Crippen LogP) is 1.46. The monoisotopic (exact) mass is 312 g/mol. The summed E-state index contributed by atoms with van der Waals surface area (Å²) >= 11 is 0. The molecule has 0 bridgehead atoms. The van der Waals surface area contributed by atoms with E-state index in [-0.39, 0.29) is 0 Å². The van der Waals surface area contributed by atoms with Crippen LogP contribution in [0.15, 0.2) is 42.9 Å². The summed E-state index contributed by atoms with van der Waals surface area (Å²) < 4.78 is 6.81. The van der Waals surface area contributed by atoms with Crippen LogP contribution in [0.3, 0.4) is 0 Å². The predicted molar refractivity (Wildman–Crippen MR) is 89.9 cm³/mol. The normalized spacial score (nSPS) is 11.0. The Morgan fingerprint density at radius 2 is 1.96 bits per heavy atom. The SMILES string of the molecule is COCCNCCNc1ncnc2c1cnn2-c1ccccc1. The van der Waals surface area contributed by atoms with Crippen LogP contribution >= 0.6 is 0 Å². The minimum atomic E-state index is 0.710. The highest BCUT2D eigenvalue weighted by molar-refractivity contribution is 5.87. The van der Waals surface area contributed by atoms with E-state index in [1.807, 2.05) is 35.0 Å². The molecule has 120 valence electrons. The molecule has 0 aliphatic carbocycles. The standard InChI is InChI=1S/C16H20N6O/c1-23-10-9-17-7-8-18-15-14-11-21-22(16(14)20-12-19-15)13-5-3-2-4-6-13/h2-6,11-12,17H,7-10H2,1H3,(H,18,19,20). The lowest BCUT2D eigenvalue weighted by Gasteiger charge is -2.08. The lowest BCUT2D eigenvalue weighted by atomic mass is 10.3. The molecule has 0 saturated carbocycles. The Bertz CT molecular complexity index is 743. The molecule has 0 radical (unpaired) electrons. The summed E-state index contributed by atoms with van der Waals surface area (Å²) in [5.74, 6) is 0.797. The second-order valence-corrected chi connectivity index (χ2v) is 5.02. The number of rotatable bonds is 8. The molecule has 0 aliphatic heterocycles. The second kappa shape index (κ2) is 7.66. The molecule has 23 heavy (non-hydrogen) atoms. The van der Waals surface area contributed by atoms with Crippen molar-refractivity contribution in [3.63, 3.8) is 0 Å². The number of fused-ring (bicyclic) bond motifs is 1. The zero-order chi connectivity index (χ0) is 15.9. The molecule has 2 N–H and O–H groups in total. The van der Waals surface area contributed by atoms with Crippen LogP contribution in [-0.4, -0.2) is 53.1 Å². The number of hydrogen-bond donors (Lipinski definition) is 2. The molecule has 0 unspecified atom stereocenters. The number of benzene rings is 1. The van der Waals surface area contributed by atoms with E-state index in [0.717, 1.165) is 42.2 Å². The Morgan fingerprint density at radius 3 is 2.78 bits per heavy atom. The van der Waals surface area contributed by atoms with Crippen LogP contribution in [0.25, 0.3) is 16.7 Å². The van der Waals surface area contributed by atoms with Gasteiger partial charge in [-0.2, -0.15) is 5.10 Å². The highest BCUT2D eigenvalue weighted by Crippen LogP contribution is 2.21. The van der Waals surface area contributed by atoms with Crippen molar-refractivity contribution < 1.29 is 4.74 Å². The highest BCUT2D eigenvalue weighted by atomic mass is 16.5. The summed E-state index contributed by atoms with van der Waals surface area (Å²) in [6.07, 6.45) is 3.35. The van der Waals surface area contributed by atoms with Gasteiger partial charge in [-0.25, -0.2) is 14.6 Å². The molecule has 2 aromatic heterocycles. The molecule has 0 fully saturated rings. The Morgan fingerprint density at radius 1 is 1.09 bits per heavy atom. The average molecular weight is 312 g/mol. The molecule has 2 heterocycles. The van der Waals surface area contributed by atoms with Crippen molar-refractivity contribution in [3.05, 3.63) is 42.9 Å². The number of nitrogens with zero attached hydrogens (tertiary/aromatic N) is 4. The first kappa shape index (κ1) is 15.4. The quantitative estimate of drug-likeness (QED) is 0.613. The topological polar surface area (TPSA) is 76.9 Å². The number of anilines is 1. The van der Waals surface area contributed by atoms with Crippen LogP contribution in [0.4, 0.5) is 5.82 Å². The van der Waals surface area contributed by atoms with E-state index in [2.05, 4.69) is 25.7 Å². The van der Waals surface area contributed by atoms with Crippen molar-refractivity contribution >= 4 is 16.9 Å². The minimum Gasteiger partial charge on any atom is -0.383 e. The minimum absolute atomic E-state index is 0.710. The maximum Gasteiger partial charge on any atom is 0.168 e. The molecule has 0 spiro atoms. The molecule has 0 atom stereocenters. The zero-order valence-corrected chi connectivity index (χ0v) is 13.1. The molecule has 1 aromatic carbocycles. The smallest absolute Gasteiger partial charge is 0.168 e. The Labute approximate surface area is 134 Å². The van der Waals surface area contributed by atoms with Gasteiger partial charge in [0.05, 0.1) is 23.9 Å². The van der Waals surface area contributed by atoms with Crippen LogP contribution in [0.2, 0.25) is 0 Å². The van der Waals surface area contributed by atoms with Crippen molar-refractivity contribution in [1.29, 1.82) is 0 Å². The van der Waals surface area contributed by atoms with Crippen molar-refractivity contribution in [2.75, 3.05) is 38.7 Å². The third-order valence-electron chi connectivity index (χ3n) is 3.44. The van der Waals surface area contributed by atoms with E-state index in [1.54, 1.807) is 19.6 Å². The van der Waals surface area contributed by atoms with Gasteiger partial charge < -0.3 is 15.4 Å². The summed E-state index contributed by atoms with van der Waals surface area (Å²) in [5.41, 5.74) is 1.77. The van der Waals surface area contributed by atoms with Crippen molar-refractivity contribution in [1.82, 2.24) is 25.1 Å². The molecular formula is C16H20N6O. The van der Waals surface area contributed by atoms with E-state index in [4.69, 9.17) is 4.74 Å². The van der Waals surface area contributed by atoms with Crippen LogP contribution in [0, 0.1) is 0 Å². The molecule has 3 aromatic rings. The number of para-hydroxylation sites is 1. The fourth-order valence-electron chi connectivity index (χ4n) is 2.31. The van der Waals surface area contributed by atoms with Gasteiger partial charge in [0, 0.05) is 26.7 Å². The van der Waals surface area contributed by atoms with Gasteiger partial charge in [-0.05, 0) is 12.1 Å². The van der Waals surface area contributed by atoms with Crippen LogP contribution < -0.4 is 10.6 Å². The van der Waals surface area contributed by atoms with Gasteiger partial charge >= 0.3 is 0 Å². The molecule has 7 nitrogen and oxygen atoms in total. The average Bonchev–Trinajstić information content (AvgIpc) is 3.03. The Kier molecular flexibility index (Phi) is 5.13. The molecule has 3 rings (SSSR count). The van der Waals surface area contributed by atoms with Gasteiger partial charge in [0.2, 0.25) is 0 Å². The van der Waals surface area contributed by atoms with E-state index in [1.165, 1.54) is 0 Å². The van der Waals surface area contributed by atoms with Gasteiger partial charge in [0.25, 0.3) is 0 Å². The number of methoxy groups -OCH3 is 1.